The maximum absolute atomic E-state index is 12.3. The van der Waals surface area contributed by atoms with Gasteiger partial charge in [-0.05, 0) is 44.5 Å². The molecule has 0 aromatic heterocycles. The Hall–Kier alpha value is -3.22. The number of amides is 1. The zero-order valence-corrected chi connectivity index (χ0v) is 14.1. The summed E-state index contributed by atoms with van der Waals surface area (Å²) >= 11 is 0. The summed E-state index contributed by atoms with van der Waals surface area (Å²) in [4.78, 5) is 34.5. The highest BCUT2D eigenvalue weighted by atomic mass is 16.6. The number of aryl methyl sites for hydroxylation is 1. The fourth-order valence-electron chi connectivity index (χ4n) is 2.25. The van der Waals surface area contributed by atoms with Crippen LogP contribution in [0.1, 0.15) is 29.8 Å². The summed E-state index contributed by atoms with van der Waals surface area (Å²) in [6.45, 7) is 4.61. The van der Waals surface area contributed by atoms with Crippen LogP contribution in [0.4, 0.5) is 11.4 Å². The molecule has 1 N–H and O–H groups in total. The van der Waals surface area contributed by atoms with Crippen LogP contribution in [-0.4, -0.2) is 22.7 Å². The fraction of sp³-hybridized carbons (Fsp3) is 0.222. The Labute approximate surface area is 144 Å². The van der Waals surface area contributed by atoms with E-state index in [-0.39, 0.29) is 17.2 Å². The summed E-state index contributed by atoms with van der Waals surface area (Å²) in [7, 11) is 0. The molecular formula is C18H18N2O5. The SMILES string of the molecule is CC(=O)c1ccccc1NC(=O)[C@H](C)Oc1ccc(C)cc1[N+](=O)[O-]. The molecular weight excluding hydrogens is 324 g/mol. The van der Waals surface area contributed by atoms with Crippen LogP contribution in [-0.2, 0) is 4.79 Å². The number of nitrogens with one attached hydrogen (secondary N) is 1. The van der Waals surface area contributed by atoms with E-state index in [4.69, 9.17) is 4.74 Å². The van der Waals surface area contributed by atoms with Crippen LogP contribution in [0.5, 0.6) is 5.75 Å². The van der Waals surface area contributed by atoms with Crippen molar-refractivity contribution in [2.24, 2.45) is 0 Å². The Bertz CT molecular complexity index is 832. The predicted molar refractivity (Wildman–Crippen MR) is 93.0 cm³/mol. The van der Waals surface area contributed by atoms with Gasteiger partial charge in [0.15, 0.2) is 17.6 Å². The number of rotatable bonds is 6. The molecule has 1 amide bonds. The zero-order chi connectivity index (χ0) is 18.6. The molecule has 130 valence electrons. The van der Waals surface area contributed by atoms with E-state index in [1.54, 1.807) is 37.3 Å². The average molecular weight is 342 g/mol. The largest absolute Gasteiger partial charge is 0.474 e. The molecule has 2 aromatic rings. The van der Waals surface area contributed by atoms with Gasteiger partial charge in [0.2, 0.25) is 0 Å². The number of carbonyl (C=O) groups excluding carboxylic acids is 2. The van der Waals surface area contributed by atoms with Gasteiger partial charge in [-0.1, -0.05) is 18.2 Å². The second-order valence-electron chi connectivity index (χ2n) is 5.58. The average Bonchev–Trinajstić information content (AvgIpc) is 2.56. The van der Waals surface area contributed by atoms with Crippen molar-refractivity contribution >= 4 is 23.1 Å². The van der Waals surface area contributed by atoms with Gasteiger partial charge in [0.1, 0.15) is 0 Å². The molecule has 0 bridgehead atoms. The molecule has 0 unspecified atom stereocenters. The summed E-state index contributed by atoms with van der Waals surface area (Å²) in [6.07, 6.45) is -0.985. The van der Waals surface area contributed by atoms with E-state index < -0.39 is 16.9 Å². The number of nitro benzene ring substituents is 1. The Morgan fingerprint density at radius 2 is 1.88 bits per heavy atom. The van der Waals surface area contributed by atoms with Crippen LogP contribution in [0.3, 0.4) is 0 Å². The van der Waals surface area contributed by atoms with Gasteiger partial charge in [0.25, 0.3) is 5.91 Å². The van der Waals surface area contributed by atoms with Gasteiger partial charge in [-0.25, -0.2) is 0 Å². The lowest BCUT2D eigenvalue weighted by Gasteiger charge is -2.16. The fourth-order valence-corrected chi connectivity index (χ4v) is 2.25. The lowest BCUT2D eigenvalue weighted by Crippen LogP contribution is -2.30. The normalized spacial score (nSPS) is 11.5. The molecule has 1 atom stereocenters. The Morgan fingerprint density at radius 3 is 2.52 bits per heavy atom. The summed E-state index contributed by atoms with van der Waals surface area (Å²) in [5.74, 6) is -0.680. The van der Waals surface area contributed by atoms with Gasteiger partial charge >= 0.3 is 5.69 Å². The zero-order valence-electron chi connectivity index (χ0n) is 14.1. The number of ether oxygens (including phenoxy) is 1. The van der Waals surface area contributed by atoms with Crippen molar-refractivity contribution in [1.82, 2.24) is 0 Å². The van der Waals surface area contributed by atoms with E-state index >= 15 is 0 Å². The van der Waals surface area contributed by atoms with Crippen molar-refractivity contribution in [3.8, 4) is 5.75 Å². The van der Waals surface area contributed by atoms with Crippen LogP contribution >= 0.6 is 0 Å². The molecule has 25 heavy (non-hydrogen) atoms. The first kappa shape index (κ1) is 18.1. The first-order valence-electron chi connectivity index (χ1n) is 7.62. The standard InChI is InChI=1S/C18H18N2O5/c1-11-8-9-17(16(10-11)20(23)24)25-13(3)18(22)19-15-7-5-4-6-14(15)12(2)21/h4-10,13H,1-3H3,(H,19,22)/t13-/m0/s1. The van der Waals surface area contributed by atoms with Crippen molar-refractivity contribution in [3.63, 3.8) is 0 Å². The number of carbonyl (C=O) groups is 2. The van der Waals surface area contributed by atoms with Gasteiger partial charge in [0.05, 0.1) is 10.6 Å². The number of para-hydroxylation sites is 1. The minimum absolute atomic E-state index is 0.0121. The van der Waals surface area contributed by atoms with Crippen molar-refractivity contribution in [2.45, 2.75) is 26.9 Å². The molecule has 0 saturated heterocycles. The summed E-state index contributed by atoms with van der Waals surface area (Å²) in [5, 5.41) is 13.7. The second-order valence-corrected chi connectivity index (χ2v) is 5.58. The van der Waals surface area contributed by atoms with E-state index in [2.05, 4.69) is 5.32 Å². The highest BCUT2D eigenvalue weighted by Crippen LogP contribution is 2.29. The first-order chi connectivity index (χ1) is 11.8. The van der Waals surface area contributed by atoms with Crippen LogP contribution in [0, 0.1) is 17.0 Å². The third-order valence-electron chi connectivity index (χ3n) is 3.55. The number of hydrogen-bond acceptors (Lipinski definition) is 5. The van der Waals surface area contributed by atoms with E-state index in [0.29, 0.717) is 16.8 Å². The number of nitrogens with zero attached hydrogens (tertiary/aromatic N) is 1. The van der Waals surface area contributed by atoms with Crippen LogP contribution < -0.4 is 10.1 Å². The molecule has 0 spiro atoms. The van der Waals surface area contributed by atoms with Gasteiger partial charge in [-0.2, -0.15) is 0 Å². The molecule has 0 fully saturated rings. The van der Waals surface area contributed by atoms with E-state index in [1.807, 2.05) is 0 Å². The van der Waals surface area contributed by atoms with Gasteiger partial charge in [-0.15, -0.1) is 0 Å². The van der Waals surface area contributed by atoms with E-state index in [1.165, 1.54) is 26.0 Å². The van der Waals surface area contributed by atoms with Crippen molar-refractivity contribution in [3.05, 3.63) is 63.7 Å². The molecule has 7 nitrogen and oxygen atoms in total. The minimum Gasteiger partial charge on any atom is -0.474 e. The smallest absolute Gasteiger partial charge is 0.311 e. The Kier molecular flexibility index (Phi) is 5.49. The Balaban J connectivity index is 2.17. The highest BCUT2D eigenvalue weighted by Gasteiger charge is 2.22. The van der Waals surface area contributed by atoms with Crippen molar-refractivity contribution in [1.29, 1.82) is 0 Å². The first-order valence-corrected chi connectivity index (χ1v) is 7.62. The molecule has 2 rings (SSSR count). The number of anilines is 1. The number of nitro groups is 1. The molecule has 0 aliphatic heterocycles. The summed E-state index contributed by atoms with van der Waals surface area (Å²) in [5.41, 5.74) is 1.26. The maximum Gasteiger partial charge on any atom is 0.311 e. The number of hydrogen-bond donors (Lipinski definition) is 1. The third-order valence-corrected chi connectivity index (χ3v) is 3.55. The van der Waals surface area contributed by atoms with E-state index in [9.17, 15) is 19.7 Å². The highest BCUT2D eigenvalue weighted by molar-refractivity contribution is 6.04. The van der Waals surface area contributed by atoms with Gasteiger partial charge in [0, 0.05) is 11.6 Å². The number of benzene rings is 2. The van der Waals surface area contributed by atoms with Crippen LogP contribution in [0.2, 0.25) is 0 Å². The summed E-state index contributed by atoms with van der Waals surface area (Å²) in [6, 6.07) is 11.1. The van der Waals surface area contributed by atoms with Crippen LogP contribution in [0.25, 0.3) is 0 Å². The molecule has 2 aromatic carbocycles. The monoisotopic (exact) mass is 342 g/mol. The Morgan fingerprint density at radius 1 is 1.20 bits per heavy atom. The van der Waals surface area contributed by atoms with Gasteiger partial charge in [-0.3, -0.25) is 19.7 Å². The third kappa shape index (κ3) is 4.41. The summed E-state index contributed by atoms with van der Waals surface area (Å²) < 4.78 is 5.46. The lowest BCUT2D eigenvalue weighted by molar-refractivity contribution is -0.386. The topological polar surface area (TPSA) is 98.5 Å². The second kappa shape index (κ2) is 7.57. The molecule has 0 heterocycles. The minimum atomic E-state index is -0.985. The predicted octanol–water partition coefficient (Wildman–Crippen LogP) is 3.51. The van der Waals surface area contributed by atoms with Crippen molar-refractivity contribution < 1.29 is 19.2 Å². The molecule has 0 aliphatic carbocycles. The number of Topliss-reactive ketones (excluding diaryl/α,β-unsaturated/α-hetero) is 1. The van der Waals surface area contributed by atoms with Gasteiger partial charge < -0.3 is 10.1 Å². The lowest BCUT2D eigenvalue weighted by atomic mass is 10.1. The molecule has 0 aliphatic rings. The van der Waals surface area contributed by atoms with Crippen molar-refractivity contribution in [2.75, 3.05) is 5.32 Å². The number of ketones is 1. The molecule has 7 heteroatoms. The molecule has 0 saturated carbocycles. The van der Waals surface area contributed by atoms with E-state index in [0.717, 1.165) is 0 Å². The molecule has 0 radical (unpaired) electrons. The maximum atomic E-state index is 12.3. The quantitative estimate of drug-likeness (QED) is 0.492. The van der Waals surface area contributed by atoms with Crippen LogP contribution in [0.15, 0.2) is 42.5 Å².